The average Bonchev–Trinajstić information content (AvgIpc) is 2.26. The molecule has 1 amide bonds. The maximum Gasteiger partial charge on any atom is 0.224 e. The molecule has 0 saturated carbocycles. The zero-order valence-electron chi connectivity index (χ0n) is 9.53. The Morgan fingerprint density at radius 1 is 1.44 bits per heavy atom. The van der Waals surface area contributed by atoms with Crippen molar-refractivity contribution in [3.8, 4) is 0 Å². The van der Waals surface area contributed by atoms with Gasteiger partial charge in [-0.05, 0) is 18.6 Å². The van der Waals surface area contributed by atoms with E-state index in [0.29, 0.717) is 6.54 Å². The fourth-order valence-electron chi connectivity index (χ4n) is 1.22. The highest BCUT2D eigenvalue weighted by Gasteiger charge is 2.16. The Morgan fingerprint density at radius 3 is 2.62 bits per heavy atom. The summed E-state index contributed by atoms with van der Waals surface area (Å²) in [5.41, 5.74) is 6.73. The van der Waals surface area contributed by atoms with Gasteiger partial charge in [-0.25, -0.2) is 0 Å². The number of carbonyl (C=O) groups excluding carboxylic acids is 1. The summed E-state index contributed by atoms with van der Waals surface area (Å²) in [6.45, 7) is 4.19. The maximum absolute atomic E-state index is 11.7. The minimum atomic E-state index is -0.164. The second-order valence-corrected chi connectivity index (χ2v) is 4.81. The first kappa shape index (κ1) is 13.2. The summed E-state index contributed by atoms with van der Waals surface area (Å²) < 4.78 is 1.00. The van der Waals surface area contributed by atoms with Gasteiger partial charge < -0.3 is 11.1 Å². The third-order valence-corrected chi connectivity index (χ3v) is 3.39. The zero-order chi connectivity index (χ0) is 12.1. The lowest BCUT2D eigenvalue weighted by atomic mass is 10.0. The van der Waals surface area contributed by atoms with Crippen molar-refractivity contribution in [2.45, 2.75) is 26.4 Å². The number of hydrogen-bond acceptors (Lipinski definition) is 2. The van der Waals surface area contributed by atoms with E-state index < -0.39 is 0 Å². The number of nitrogens with two attached hydrogens (primary N) is 1. The van der Waals surface area contributed by atoms with Gasteiger partial charge in [0.2, 0.25) is 5.91 Å². The normalized spacial score (nSPS) is 14.2. The van der Waals surface area contributed by atoms with Crippen molar-refractivity contribution in [3.05, 3.63) is 34.3 Å². The molecular formula is C12H17BrN2O. The standard InChI is InChI=1S/C12H17BrN2O/c1-8(9(2)14)12(16)15-7-10-5-3-4-6-11(10)13/h3-6,8-9H,7,14H2,1-2H3,(H,15,16). The molecule has 0 aliphatic rings. The monoisotopic (exact) mass is 284 g/mol. The molecule has 0 fully saturated rings. The summed E-state index contributed by atoms with van der Waals surface area (Å²) in [7, 11) is 0. The van der Waals surface area contributed by atoms with Crippen molar-refractivity contribution in [1.29, 1.82) is 0 Å². The number of halogens is 1. The van der Waals surface area contributed by atoms with Crippen LogP contribution in [0.1, 0.15) is 19.4 Å². The van der Waals surface area contributed by atoms with Crippen LogP contribution in [0.3, 0.4) is 0 Å². The van der Waals surface area contributed by atoms with Crippen LogP contribution < -0.4 is 11.1 Å². The molecular weight excluding hydrogens is 268 g/mol. The first-order valence-corrected chi connectivity index (χ1v) is 6.08. The number of hydrogen-bond donors (Lipinski definition) is 2. The molecule has 0 bridgehead atoms. The van der Waals surface area contributed by atoms with Gasteiger partial charge >= 0.3 is 0 Å². The molecule has 0 aliphatic carbocycles. The summed E-state index contributed by atoms with van der Waals surface area (Å²) in [5.74, 6) is -0.173. The number of nitrogens with one attached hydrogen (secondary N) is 1. The molecule has 3 N–H and O–H groups in total. The number of carbonyl (C=O) groups is 1. The third-order valence-electron chi connectivity index (χ3n) is 2.61. The smallest absolute Gasteiger partial charge is 0.224 e. The van der Waals surface area contributed by atoms with Gasteiger partial charge in [-0.2, -0.15) is 0 Å². The van der Waals surface area contributed by atoms with Crippen LogP contribution in [0.2, 0.25) is 0 Å². The summed E-state index contributed by atoms with van der Waals surface area (Å²) in [6.07, 6.45) is 0. The van der Waals surface area contributed by atoms with Crippen LogP contribution in [0.5, 0.6) is 0 Å². The van der Waals surface area contributed by atoms with Crippen molar-refractivity contribution in [1.82, 2.24) is 5.32 Å². The van der Waals surface area contributed by atoms with Gasteiger partial charge in [0.15, 0.2) is 0 Å². The van der Waals surface area contributed by atoms with E-state index >= 15 is 0 Å². The summed E-state index contributed by atoms with van der Waals surface area (Å²) >= 11 is 3.44. The Bertz CT molecular complexity index is 366. The van der Waals surface area contributed by atoms with Crippen molar-refractivity contribution in [2.24, 2.45) is 11.7 Å². The molecule has 0 aromatic heterocycles. The van der Waals surface area contributed by atoms with E-state index in [2.05, 4.69) is 21.2 Å². The molecule has 0 radical (unpaired) electrons. The molecule has 1 rings (SSSR count). The van der Waals surface area contributed by atoms with E-state index in [1.54, 1.807) is 0 Å². The molecule has 16 heavy (non-hydrogen) atoms. The lowest BCUT2D eigenvalue weighted by Gasteiger charge is -2.15. The Morgan fingerprint density at radius 2 is 2.06 bits per heavy atom. The van der Waals surface area contributed by atoms with E-state index in [0.717, 1.165) is 10.0 Å². The number of rotatable bonds is 4. The molecule has 2 atom stereocenters. The molecule has 4 heteroatoms. The predicted octanol–water partition coefficient (Wildman–Crippen LogP) is 2.05. The Hall–Kier alpha value is -0.870. The summed E-state index contributed by atoms with van der Waals surface area (Å²) in [5, 5.41) is 2.87. The maximum atomic E-state index is 11.7. The van der Waals surface area contributed by atoms with Crippen LogP contribution in [0.25, 0.3) is 0 Å². The van der Waals surface area contributed by atoms with Crippen LogP contribution in [-0.2, 0) is 11.3 Å². The highest BCUT2D eigenvalue weighted by molar-refractivity contribution is 9.10. The van der Waals surface area contributed by atoms with Crippen LogP contribution in [0, 0.1) is 5.92 Å². The molecule has 1 aromatic carbocycles. The summed E-state index contributed by atoms with van der Waals surface area (Å²) in [4.78, 5) is 11.7. The first-order valence-electron chi connectivity index (χ1n) is 5.29. The van der Waals surface area contributed by atoms with Gasteiger partial charge in [0, 0.05) is 23.0 Å². The third kappa shape index (κ3) is 3.61. The molecule has 0 spiro atoms. The van der Waals surface area contributed by atoms with Crippen molar-refractivity contribution < 1.29 is 4.79 Å². The quantitative estimate of drug-likeness (QED) is 0.889. The minimum Gasteiger partial charge on any atom is -0.352 e. The Kier molecular flexibility index (Phi) is 4.96. The van der Waals surface area contributed by atoms with E-state index in [1.165, 1.54) is 0 Å². The molecule has 88 valence electrons. The van der Waals surface area contributed by atoms with E-state index in [-0.39, 0.29) is 17.9 Å². The van der Waals surface area contributed by atoms with E-state index in [9.17, 15) is 4.79 Å². The Labute approximate surface area is 105 Å². The van der Waals surface area contributed by atoms with Gasteiger partial charge in [-0.1, -0.05) is 41.1 Å². The Balaban J connectivity index is 2.52. The number of amides is 1. The van der Waals surface area contributed by atoms with Crippen LogP contribution in [0.4, 0.5) is 0 Å². The van der Waals surface area contributed by atoms with Gasteiger partial charge in [-0.15, -0.1) is 0 Å². The molecule has 3 nitrogen and oxygen atoms in total. The summed E-state index contributed by atoms with van der Waals surface area (Å²) in [6, 6.07) is 7.69. The molecule has 1 aromatic rings. The lowest BCUT2D eigenvalue weighted by molar-refractivity contribution is -0.125. The fourth-order valence-corrected chi connectivity index (χ4v) is 1.65. The van der Waals surface area contributed by atoms with Crippen molar-refractivity contribution >= 4 is 21.8 Å². The second kappa shape index (κ2) is 6.01. The van der Waals surface area contributed by atoms with E-state index in [1.807, 2.05) is 38.1 Å². The predicted molar refractivity (Wildman–Crippen MR) is 68.8 cm³/mol. The van der Waals surface area contributed by atoms with Gasteiger partial charge in [-0.3, -0.25) is 4.79 Å². The van der Waals surface area contributed by atoms with Crippen LogP contribution in [-0.4, -0.2) is 11.9 Å². The minimum absolute atomic E-state index is 0.00856. The topological polar surface area (TPSA) is 55.1 Å². The lowest BCUT2D eigenvalue weighted by Crippen LogP contribution is -2.38. The SMILES string of the molecule is CC(N)C(C)C(=O)NCc1ccccc1Br. The van der Waals surface area contributed by atoms with Crippen molar-refractivity contribution in [3.63, 3.8) is 0 Å². The molecule has 0 saturated heterocycles. The first-order chi connectivity index (χ1) is 7.52. The molecule has 0 heterocycles. The highest BCUT2D eigenvalue weighted by atomic mass is 79.9. The van der Waals surface area contributed by atoms with E-state index in [4.69, 9.17) is 5.73 Å². The van der Waals surface area contributed by atoms with Gasteiger partial charge in [0.25, 0.3) is 0 Å². The van der Waals surface area contributed by atoms with Gasteiger partial charge in [0.1, 0.15) is 0 Å². The molecule has 2 unspecified atom stereocenters. The molecule has 0 aliphatic heterocycles. The fraction of sp³-hybridized carbons (Fsp3) is 0.417. The van der Waals surface area contributed by atoms with Crippen LogP contribution in [0.15, 0.2) is 28.7 Å². The largest absolute Gasteiger partial charge is 0.352 e. The highest BCUT2D eigenvalue weighted by Crippen LogP contribution is 2.15. The van der Waals surface area contributed by atoms with Crippen molar-refractivity contribution in [2.75, 3.05) is 0 Å². The second-order valence-electron chi connectivity index (χ2n) is 3.96. The van der Waals surface area contributed by atoms with Crippen LogP contribution >= 0.6 is 15.9 Å². The zero-order valence-corrected chi connectivity index (χ0v) is 11.1. The average molecular weight is 285 g/mol. The van der Waals surface area contributed by atoms with Gasteiger partial charge in [0.05, 0.1) is 0 Å². The number of benzene rings is 1.